The zero-order valence-corrected chi connectivity index (χ0v) is 17.8. The van der Waals surface area contributed by atoms with Crippen LogP contribution in [0.3, 0.4) is 0 Å². The van der Waals surface area contributed by atoms with E-state index in [4.69, 9.17) is 4.98 Å². The number of anilines is 1. The van der Waals surface area contributed by atoms with Gasteiger partial charge in [0.25, 0.3) is 0 Å². The number of amides is 1. The highest BCUT2D eigenvalue weighted by molar-refractivity contribution is 7.13. The van der Waals surface area contributed by atoms with Crippen LogP contribution in [0.25, 0.3) is 27.5 Å². The van der Waals surface area contributed by atoms with E-state index in [0.717, 1.165) is 33.2 Å². The first-order chi connectivity index (χ1) is 15.2. The molecule has 31 heavy (non-hydrogen) atoms. The number of carbonyl (C=O) groups excluding carboxylic acids is 1. The third-order valence-electron chi connectivity index (χ3n) is 4.99. The van der Waals surface area contributed by atoms with Crippen LogP contribution in [0.1, 0.15) is 11.3 Å². The molecule has 6 heteroatoms. The molecule has 0 unspecified atom stereocenters. The molecule has 5 rings (SSSR count). The summed E-state index contributed by atoms with van der Waals surface area (Å²) in [6.45, 7) is 2.06. The quantitative estimate of drug-likeness (QED) is 0.399. The van der Waals surface area contributed by atoms with Crippen molar-refractivity contribution in [2.75, 3.05) is 5.32 Å². The van der Waals surface area contributed by atoms with Crippen molar-refractivity contribution < 1.29 is 4.79 Å². The van der Waals surface area contributed by atoms with Gasteiger partial charge in [-0.2, -0.15) is 0 Å². The average molecular weight is 425 g/mol. The molecule has 0 saturated heterocycles. The molecule has 0 saturated carbocycles. The Labute approximate surface area is 184 Å². The SMILES string of the molecule is Cc1cccc(-c2nc(CC(=O)Nc3c(-c4ccccc4)nc4ccccn34)cs2)c1. The second-order valence-electron chi connectivity index (χ2n) is 7.34. The van der Waals surface area contributed by atoms with Gasteiger partial charge in [0, 0.05) is 22.7 Å². The Morgan fingerprint density at radius 2 is 1.77 bits per heavy atom. The minimum Gasteiger partial charge on any atom is -0.310 e. The minimum absolute atomic E-state index is 0.121. The van der Waals surface area contributed by atoms with Gasteiger partial charge in [-0.3, -0.25) is 9.20 Å². The zero-order valence-electron chi connectivity index (χ0n) is 16.9. The second kappa shape index (κ2) is 8.16. The summed E-state index contributed by atoms with van der Waals surface area (Å²) in [5, 5.41) is 5.94. The third kappa shape index (κ3) is 3.98. The van der Waals surface area contributed by atoms with E-state index in [-0.39, 0.29) is 12.3 Å². The molecular weight excluding hydrogens is 404 g/mol. The van der Waals surface area contributed by atoms with Crippen molar-refractivity contribution in [1.82, 2.24) is 14.4 Å². The number of aryl methyl sites for hydroxylation is 1. The number of carbonyl (C=O) groups is 1. The summed E-state index contributed by atoms with van der Waals surface area (Å²) in [6, 6.07) is 23.9. The van der Waals surface area contributed by atoms with Crippen molar-refractivity contribution in [3.8, 4) is 21.8 Å². The Balaban J connectivity index is 1.41. The van der Waals surface area contributed by atoms with Crippen molar-refractivity contribution in [2.24, 2.45) is 0 Å². The van der Waals surface area contributed by atoms with Crippen molar-refractivity contribution in [1.29, 1.82) is 0 Å². The lowest BCUT2D eigenvalue weighted by Crippen LogP contribution is -2.16. The number of imidazole rings is 1. The Morgan fingerprint density at radius 3 is 2.61 bits per heavy atom. The van der Waals surface area contributed by atoms with Crippen LogP contribution < -0.4 is 5.32 Å². The van der Waals surface area contributed by atoms with E-state index in [1.54, 1.807) is 11.3 Å². The normalized spacial score (nSPS) is 11.0. The Bertz CT molecular complexity index is 1370. The summed E-state index contributed by atoms with van der Waals surface area (Å²) in [4.78, 5) is 22.3. The van der Waals surface area contributed by atoms with Gasteiger partial charge in [-0.25, -0.2) is 9.97 Å². The maximum atomic E-state index is 12.9. The van der Waals surface area contributed by atoms with Gasteiger partial charge in [0.15, 0.2) is 0 Å². The number of nitrogens with one attached hydrogen (secondary N) is 1. The maximum absolute atomic E-state index is 12.9. The number of pyridine rings is 1. The zero-order chi connectivity index (χ0) is 21.2. The molecule has 152 valence electrons. The second-order valence-corrected chi connectivity index (χ2v) is 8.20. The number of hydrogen-bond acceptors (Lipinski definition) is 4. The summed E-state index contributed by atoms with van der Waals surface area (Å²) in [5.41, 5.74) is 5.51. The molecule has 0 aliphatic rings. The summed E-state index contributed by atoms with van der Waals surface area (Å²) >= 11 is 1.56. The van der Waals surface area contributed by atoms with E-state index in [0.29, 0.717) is 5.82 Å². The fourth-order valence-corrected chi connectivity index (χ4v) is 4.37. The number of nitrogens with zero attached hydrogens (tertiary/aromatic N) is 3. The van der Waals surface area contributed by atoms with Crippen molar-refractivity contribution in [3.63, 3.8) is 0 Å². The molecule has 1 N–H and O–H groups in total. The van der Waals surface area contributed by atoms with Crippen LogP contribution in [0, 0.1) is 6.92 Å². The van der Waals surface area contributed by atoms with Crippen LogP contribution in [0.2, 0.25) is 0 Å². The molecule has 3 heterocycles. The average Bonchev–Trinajstić information content (AvgIpc) is 3.40. The molecule has 0 bridgehead atoms. The molecule has 5 aromatic rings. The van der Waals surface area contributed by atoms with E-state index in [2.05, 4.69) is 29.4 Å². The van der Waals surface area contributed by atoms with Gasteiger partial charge in [-0.1, -0.05) is 60.2 Å². The Morgan fingerprint density at radius 1 is 0.968 bits per heavy atom. The van der Waals surface area contributed by atoms with Crippen LogP contribution in [0.5, 0.6) is 0 Å². The van der Waals surface area contributed by atoms with E-state index in [1.807, 2.05) is 76.6 Å². The number of thiazole rings is 1. The van der Waals surface area contributed by atoms with Crippen LogP contribution in [0.15, 0.2) is 84.4 Å². The third-order valence-corrected chi connectivity index (χ3v) is 5.93. The molecule has 0 atom stereocenters. The van der Waals surface area contributed by atoms with Gasteiger partial charge in [0.2, 0.25) is 5.91 Å². The van der Waals surface area contributed by atoms with Gasteiger partial charge in [-0.15, -0.1) is 11.3 Å². The van der Waals surface area contributed by atoms with Crippen LogP contribution >= 0.6 is 11.3 Å². The van der Waals surface area contributed by atoms with Gasteiger partial charge < -0.3 is 5.32 Å². The molecule has 5 nitrogen and oxygen atoms in total. The highest BCUT2D eigenvalue weighted by Gasteiger charge is 2.17. The number of benzene rings is 2. The van der Waals surface area contributed by atoms with Gasteiger partial charge in [0.1, 0.15) is 22.2 Å². The summed E-state index contributed by atoms with van der Waals surface area (Å²) < 4.78 is 1.90. The summed E-state index contributed by atoms with van der Waals surface area (Å²) in [7, 11) is 0. The molecule has 0 spiro atoms. The fourth-order valence-electron chi connectivity index (χ4n) is 3.55. The van der Waals surface area contributed by atoms with Crippen molar-refractivity contribution >= 4 is 28.7 Å². The lowest BCUT2D eigenvalue weighted by atomic mass is 10.1. The predicted molar refractivity (Wildman–Crippen MR) is 125 cm³/mol. The first kappa shape index (κ1) is 19.2. The van der Waals surface area contributed by atoms with E-state index in [9.17, 15) is 4.79 Å². The molecule has 2 aromatic carbocycles. The molecule has 0 aliphatic carbocycles. The molecule has 1 amide bonds. The van der Waals surface area contributed by atoms with Crippen LogP contribution in [-0.4, -0.2) is 20.3 Å². The van der Waals surface area contributed by atoms with Crippen LogP contribution in [-0.2, 0) is 11.2 Å². The van der Waals surface area contributed by atoms with Gasteiger partial charge in [-0.05, 0) is 25.1 Å². The molecule has 3 aromatic heterocycles. The van der Waals surface area contributed by atoms with E-state index < -0.39 is 0 Å². The predicted octanol–water partition coefficient (Wildman–Crippen LogP) is 5.61. The summed E-state index contributed by atoms with van der Waals surface area (Å²) in [6.07, 6.45) is 2.11. The first-order valence-corrected chi connectivity index (χ1v) is 10.9. The minimum atomic E-state index is -0.121. The molecule has 0 aliphatic heterocycles. The van der Waals surface area contributed by atoms with Crippen molar-refractivity contribution in [3.05, 3.63) is 95.6 Å². The number of aromatic nitrogens is 3. The van der Waals surface area contributed by atoms with E-state index >= 15 is 0 Å². The molecular formula is C25H20N4OS. The molecule has 0 radical (unpaired) electrons. The van der Waals surface area contributed by atoms with E-state index in [1.165, 1.54) is 5.56 Å². The maximum Gasteiger partial charge on any atom is 0.231 e. The number of fused-ring (bicyclic) bond motifs is 1. The highest BCUT2D eigenvalue weighted by Crippen LogP contribution is 2.29. The monoisotopic (exact) mass is 424 g/mol. The Kier molecular flexibility index (Phi) is 5.06. The topological polar surface area (TPSA) is 59.3 Å². The van der Waals surface area contributed by atoms with Crippen molar-refractivity contribution in [2.45, 2.75) is 13.3 Å². The summed E-state index contributed by atoms with van der Waals surface area (Å²) in [5.74, 6) is 0.546. The smallest absolute Gasteiger partial charge is 0.231 e. The van der Waals surface area contributed by atoms with Gasteiger partial charge >= 0.3 is 0 Å². The lowest BCUT2D eigenvalue weighted by Gasteiger charge is -2.07. The van der Waals surface area contributed by atoms with Gasteiger partial charge in [0.05, 0.1) is 12.1 Å². The highest BCUT2D eigenvalue weighted by atomic mass is 32.1. The number of rotatable bonds is 5. The lowest BCUT2D eigenvalue weighted by molar-refractivity contribution is -0.115. The van der Waals surface area contributed by atoms with Crippen LogP contribution in [0.4, 0.5) is 5.82 Å². The Hall–Kier alpha value is -3.77. The standard InChI is InChI=1S/C25H20N4OS/c1-17-8-7-11-19(14-17)25-26-20(16-31-25)15-22(30)28-24-23(18-9-3-2-4-10-18)27-21-12-5-6-13-29(21)24/h2-14,16H,15H2,1H3,(H,28,30). The first-order valence-electron chi connectivity index (χ1n) is 10.0. The number of hydrogen-bond donors (Lipinski definition) is 1. The molecule has 0 fully saturated rings. The largest absolute Gasteiger partial charge is 0.310 e. The fraction of sp³-hybridized carbons (Fsp3) is 0.0800.